The van der Waals surface area contributed by atoms with E-state index in [1.54, 1.807) is 24.5 Å². The average Bonchev–Trinajstić information content (AvgIpc) is 2.97. The molecule has 1 atom stereocenters. The zero-order valence-electron chi connectivity index (χ0n) is 13.1. The van der Waals surface area contributed by atoms with Crippen LogP contribution in [0, 0.1) is 0 Å². The van der Waals surface area contributed by atoms with Crippen LogP contribution in [0.4, 0.5) is 5.95 Å². The Kier molecular flexibility index (Phi) is 4.93. The van der Waals surface area contributed by atoms with Crippen molar-refractivity contribution >= 4 is 35.1 Å². The second-order valence-electron chi connectivity index (χ2n) is 5.68. The maximum Gasteiger partial charge on any atom is 0.325 e. The minimum Gasteiger partial charge on any atom is -0.480 e. The van der Waals surface area contributed by atoms with Crippen LogP contribution in [0.2, 0.25) is 10.0 Å². The molecule has 2 aromatic rings. The van der Waals surface area contributed by atoms with E-state index in [9.17, 15) is 9.90 Å². The van der Waals surface area contributed by atoms with Crippen LogP contribution in [0.5, 0.6) is 0 Å². The van der Waals surface area contributed by atoms with E-state index in [0.29, 0.717) is 41.8 Å². The molecule has 1 fully saturated rings. The number of halogens is 2. The van der Waals surface area contributed by atoms with Gasteiger partial charge in [0.25, 0.3) is 0 Å². The zero-order valence-corrected chi connectivity index (χ0v) is 14.6. The summed E-state index contributed by atoms with van der Waals surface area (Å²) in [6.45, 7) is 2.56. The van der Waals surface area contributed by atoms with Gasteiger partial charge in [-0.05, 0) is 17.7 Å². The summed E-state index contributed by atoms with van der Waals surface area (Å²) in [5.41, 5.74) is 0.629. The highest BCUT2D eigenvalue weighted by Crippen LogP contribution is 2.29. The van der Waals surface area contributed by atoms with Gasteiger partial charge in [-0.2, -0.15) is 0 Å². The van der Waals surface area contributed by atoms with Crippen molar-refractivity contribution in [3.05, 3.63) is 40.1 Å². The number of carboxylic acids is 1. The van der Waals surface area contributed by atoms with Crippen LogP contribution in [0.15, 0.2) is 24.5 Å². The fourth-order valence-corrected chi connectivity index (χ4v) is 3.24. The van der Waals surface area contributed by atoms with Crippen molar-refractivity contribution in [2.24, 2.45) is 7.05 Å². The molecule has 7 nitrogen and oxygen atoms in total. The highest BCUT2D eigenvalue weighted by Gasteiger charge is 2.31. The van der Waals surface area contributed by atoms with Crippen molar-refractivity contribution in [1.82, 2.24) is 19.7 Å². The summed E-state index contributed by atoms with van der Waals surface area (Å²) in [5, 5.41) is 18.4. The Morgan fingerprint density at radius 3 is 2.46 bits per heavy atom. The van der Waals surface area contributed by atoms with E-state index in [0.717, 1.165) is 5.95 Å². The van der Waals surface area contributed by atoms with Crippen molar-refractivity contribution in [2.75, 3.05) is 31.1 Å². The summed E-state index contributed by atoms with van der Waals surface area (Å²) >= 11 is 12.0. The normalized spacial score (nSPS) is 17.0. The van der Waals surface area contributed by atoms with Gasteiger partial charge in [0.05, 0.1) is 10.0 Å². The monoisotopic (exact) mass is 369 g/mol. The van der Waals surface area contributed by atoms with E-state index in [2.05, 4.69) is 15.1 Å². The summed E-state index contributed by atoms with van der Waals surface area (Å²) < 4.78 is 1.85. The molecule has 128 valence electrons. The summed E-state index contributed by atoms with van der Waals surface area (Å²) in [5.74, 6) is -0.114. The van der Waals surface area contributed by atoms with Crippen molar-refractivity contribution < 1.29 is 9.90 Å². The molecule has 0 aliphatic carbocycles. The van der Waals surface area contributed by atoms with Gasteiger partial charge in [-0.15, -0.1) is 10.2 Å². The SMILES string of the molecule is Cn1cnnc1N1CCN(C(C(=O)O)c2ccc(Cl)c(Cl)c2)CC1. The quantitative estimate of drug-likeness (QED) is 0.888. The molecule has 0 spiro atoms. The number of aryl methyl sites for hydroxylation is 1. The third kappa shape index (κ3) is 3.33. The van der Waals surface area contributed by atoms with E-state index in [1.807, 2.05) is 16.5 Å². The van der Waals surface area contributed by atoms with Gasteiger partial charge in [-0.1, -0.05) is 29.3 Å². The number of nitrogens with zero attached hydrogens (tertiary/aromatic N) is 5. The molecular weight excluding hydrogens is 353 g/mol. The molecule has 9 heteroatoms. The lowest BCUT2D eigenvalue weighted by molar-refractivity contribution is -0.143. The predicted molar refractivity (Wildman–Crippen MR) is 91.6 cm³/mol. The second kappa shape index (κ2) is 6.96. The number of aromatic nitrogens is 3. The van der Waals surface area contributed by atoms with E-state index < -0.39 is 12.0 Å². The van der Waals surface area contributed by atoms with Crippen LogP contribution in [-0.4, -0.2) is 56.9 Å². The Morgan fingerprint density at radius 2 is 1.92 bits per heavy atom. The Labute approximate surface area is 149 Å². The maximum atomic E-state index is 11.8. The molecule has 1 aromatic carbocycles. The number of hydrogen-bond acceptors (Lipinski definition) is 5. The molecule has 1 aliphatic rings. The van der Waals surface area contributed by atoms with Crippen LogP contribution in [0.1, 0.15) is 11.6 Å². The fourth-order valence-electron chi connectivity index (χ4n) is 2.94. The molecule has 2 heterocycles. The molecule has 0 amide bonds. The molecule has 0 bridgehead atoms. The minimum absolute atomic E-state index is 0.359. The Hall–Kier alpha value is -1.83. The van der Waals surface area contributed by atoms with Crippen molar-refractivity contribution in [2.45, 2.75) is 6.04 Å². The molecule has 3 rings (SSSR count). The van der Waals surface area contributed by atoms with Crippen LogP contribution in [0.3, 0.4) is 0 Å². The van der Waals surface area contributed by atoms with E-state index >= 15 is 0 Å². The van der Waals surface area contributed by atoms with Gasteiger partial charge in [0.1, 0.15) is 12.4 Å². The highest BCUT2D eigenvalue weighted by molar-refractivity contribution is 6.42. The minimum atomic E-state index is -0.902. The van der Waals surface area contributed by atoms with Crippen LogP contribution in [0.25, 0.3) is 0 Å². The maximum absolute atomic E-state index is 11.8. The van der Waals surface area contributed by atoms with Gasteiger partial charge in [0.2, 0.25) is 5.95 Å². The molecule has 24 heavy (non-hydrogen) atoms. The predicted octanol–water partition coefficient (Wildman–Crippen LogP) is 2.07. The van der Waals surface area contributed by atoms with Crippen LogP contribution in [-0.2, 0) is 11.8 Å². The fraction of sp³-hybridized carbons (Fsp3) is 0.400. The number of benzene rings is 1. The van der Waals surface area contributed by atoms with Gasteiger partial charge in [0.15, 0.2) is 0 Å². The topological polar surface area (TPSA) is 74.5 Å². The van der Waals surface area contributed by atoms with Crippen molar-refractivity contribution in [3.8, 4) is 0 Å². The smallest absolute Gasteiger partial charge is 0.325 e. The van der Waals surface area contributed by atoms with Crippen LogP contribution < -0.4 is 4.90 Å². The van der Waals surface area contributed by atoms with Gasteiger partial charge >= 0.3 is 5.97 Å². The standard InChI is InChI=1S/C15H17Cl2N5O2/c1-20-9-18-19-15(20)22-6-4-21(5-7-22)13(14(23)24)10-2-3-11(16)12(17)8-10/h2-3,8-9,13H,4-7H2,1H3,(H,23,24). The third-order valence-corrected chi connectivity index (χ3v) is 4.88. The first-order chi connectivity index (χ1) is 11.5. The lowest BCUT2D eigenvalue weighted by Crippen LogP contribution is -2.50. The Morgan fingerprint density at radius 1 is 1.21 bits per heavy atom. The number of anilines is 1. The van der Waals surface area contributed by atoms with E-state index in [1.165, 1.54) is 0 Å². The first kappa shape index (κ1) is 17.0. The Bertz CT molecular complexity index is 743. The summed E-state index contributed by atoms with van der Waals surface area (Å²) in [4.78, 5) is 15.8. The first-order valence-corrected chi connectivity index (χ1v) is 8.23. The summed E-state index contributed by atoms with van der Waals surface area (Å²) in [7, 11) is 1.89. The van der Waals surface area contributed by atoms with Gasteiger partial charge in [0, 0.05) is 33.2 Å². The number of carbonyl (C=O) groups is 1. The van der Waals surface area contributed by atoms with Gasteiger partial charge in [-0.3, -0.25) is 9.69 Å². The Balaban J connectivity index is 1.75. The lowest BCUT2D eigenvalue weighted by Gasteiger charge is -2.38. The van der Waals surface area contributed by atoms with Gasteiger partial charge < -0.3 is 14.6 Å². The number of rotatable bonds is 4. The molecule has 1 saturated heterocycles. The number of piperazine rings is 1. The highest BCUT2D eigenvalue weighted by atomic mass is 35.5. The van der Waals surface area contributed by atoms with Crippen LogP contribution >= 0.6 is 23.2 Å². The molecule has 0 radical (unpaired) electrons. The number of carboxylic acid groups (broad SMARTS) is 1. The van der Waals surface area contributed by atoms with Crippen molar-refractivity contribution in [1.29, 1.82) is 0 Å². The molecular formula is C15H17Cl2N5O2. The molecule has 1 aromatic heterocycles. The molecule has 1 aliphatic heterocycles. The number of aliphatic carboxylic acids is 1. The second-order valence-corrected chi connectivity index (χ2v) is 6.49. The average molecular weight is 370 g/mol. The molecule has 1 unspecified atom stereocenters. The van der Waals surface area contributed by atoms with Gasteiger partial charge in [-0.25, -0.2) is 0 Å². The summed E-state index contributed by atoms with van der Waals surface area (Å²) in [6.07, 6.45) is 1.65. The third-order valence-electron chi connectivity index (χ3n) is 4.14. The largest absolute Gasteiger partial charge is 0.480 e. The lowest BCUT2D eigenvalue weighted by atomic mass is 10.0. The number of hydrogen-bond donors (Lipinski definition) is 1. The molecule has 0 saturated carbocycles. The van der Waals surface area contributed by atoms with E-state index in [-0.39, 0.29) is 0 Å². The summed E-state index contributed by atoms with van der Waals surface area (Å²) in [6, 6.07) is 4.21. The molecule has 1 N–H and O–H groups in total. The first-order valence-electron chi connectivity index (χ1n) is 7.48. The van der Waals surface area contributed by atoms with Crippen molar-refractivity contribution in [3.63, 3.8) is 0 Å². The van der Waals surface area contributed by atoms with E-state index in [4.69, 9.17) is 23.2 Å². The zero-order chi connectivity index (χ0) is 17.3.